The van der Waals surface area contributed by atoms with Crippen molar-refractivity contribution in [1.29, 1.82) is 0 Å². The van der Waals surface area contributed by atoms with Crippen molar-refractivity contribution in [3.8, 4) is 0 Å². The van der Waals surface area contributed by atoms with Gasteiger partial charge in [0.1, 0.15) is 0 Å². The largest absolute Gasteiger partial charge is 0.371 e. The van der Waals surface area contributed by atoms with Crippen molar-refractivity contribution < 1.29 is 0 Å². The second-order valence-electron chi connectivity index (χ2n) is 7.01. The van der Waals surface area contributed by atoms with E-state index in [2.05, 4.69) is 59.9 Å². The van der Waals surface area contributed by atoms with Gasteiger partial charge in [0, 0.05) is 23.6 Å². The van der Waals surface area contributed by atoms with Gasteiger partial charge in [-0.05, 0) is 71.6 Å². The number of nitrogens with zero attached hydrogens (tertiary/aromatic N) is 1. The lowest BCUT2D eigenvalue weighted by molar-refractivity contribution is 0.222. The van der Waals surface area contributed by atoms with E-state index in [4.69, 9.17) is 5.73 Å². The fraction of sp³-hybridized carbons (Fsp3) is 0.647. The number of nitrogens with two attached hydrogens (primary N) is 1. The number of hydrogen-bond donors (Lipinski definition) is 1. The zero-order valence-electron chi connectivity index (χ0n) is 13.1. The highest BCUT2D eigenvalue weighted by atomic mass is 79.9. The van der Waals surface area contributed by atoms with Crippen molar-refractivity contribution in [1.82, 2.24) is 0 Å². The first-order chi connectivity index (χ1) is 9.30. The molecule has 0 spiro atoms. The van der Waals surface area contributed by atoms with Gasteiger partial charge in [0.05, 0.1) is 5.69 Å². The summed E-state index contributed by atoms with van der Waals surface area (Å²) in [6, 6.07) is 7.24. The van der Waals surface area contributed by atoms with Crippen molar-refractivity contribution in [3.63, 3.8) is 0 Å². The van der Waals surface area contributed by atoms with Crippen molar-refractivity contribution >= 4 is 21.6 Å². The van der Waals surface area contributed by atoms with Gasteiger partial charge in [0.25, 0.3) is 0 Å². The highest BCUT2D eigenvalue weighted by molar-refractivity contribution is 9.10. The van der Waals surface area contributed by atoms with Crippen LogP contribution in [0.5, 0.6) is 0 Å². The summed E-state index contributed by atoms with van der Waals surface area (Å²) in [7, 11) is 2.22. The first-order valence-corrected chi connectivity index (χ1v) is 8.37. The third-order valence-corrected chi connectivity index (χ3v) is 5.37. The van der Waals surface area contributed by atoms with Gasteiger partial charge in [0.15, 0.2) is 0 Å². The van der Waals surface area contributed by atoms with E-state index in [-0.39, 0.29) is 6.04 Å². The molecular formula is C17H27BrN2. The molecule has 0 heterocycles. The molecular weight excluding hydrogens is 312 g/mol. The molecule has 1 aromatic carbocycles. The van der Waals surface area contributed by atoms with Gasteiger partial charge < -0.3 is 10.6 Å². The number of anilines is 1. The average molecular weight is 339 g/mol. The summed E-state index contributed by atoms with van der Waals surface area (Å²) in [5.74, 6) is 0. The van der Waals surface area contributed by atoms with Crippen LogP contribution in [-0.2, 0) is 0 Å². The molecule has 2 N–H and O–H groups in total. The van der Waals surface area contributed by atoms with Gasteiger partial charge in [0.2, 0.25) is 0 Å². The van der Waals surface area contributed by atoms with Crippen LogP contribution in [0.1, 0.15) is 58.1 Å². The normalized spacial score (nSPS) is 20.7. The standard InChI is InChI=1S/C17H27BrN2/c1-12(19)13-5-6-16(15(18)11-13)20(4)14-7-9-17(2,3)10-8-14/h5-6,11-12,14H,7-10,19H2,1-4H3/t12-/m1/s1. The van der Waals surface area contributed by atoms with Crippen LogP contribution in [0.15, 0.2) is 22.7 Å². The van der Waals surface area contributed by atoms with Crippen LogP contribution in [0.25, 0.3) is 0 Å². The fourth-order valence-electron chi connectivity index (χ4n) is 3.06. The summed E-state index contributed by atoms with van der Waals surface area (Å²) < 4.78 is 1.15. The molecule has 0 unspecified atom stereocenters. The molecule has 1 aliphatic carbocycles. The highest BCUT2D eigenvalue weighted by Gasteiger charge is 2.29. The summed E-state index contributed by atoms with van der Waals surface area (Å²) >= 11 is 3.71. The minimum absolute atomic E-state index is 0.0844. The van der Waals surface area contributed by atoms with Crippen molar-refractivity contribution in [2.24, 2.45) is 11.1 Å². The quantitative estimate of drug-likeness (QED) is 0.851. The van der Waals surface area contributed by atoms with E-state index in [1.165, 1.54) is 36.9 Å². The highest BCUT2D eigenvalue weighted by Crippen LogP contribution is 2.39. The van der Waals surface area contributed by atoms with Gasteiger partial charge in [-0.2, -0.15) is 0 Å². The molecule has 1 atom stereocenters. The SMILES string of the molecule is C[C@@H](N)c1ccc(N(C)C2CCC(C)(C)CC2)c(Br)c1. The first-order valence-electron chi connectivity index (χ1n) is 7.58. The third-order valence-electron chi connectivity index (χ3n) is 4.73. The average Bonchev–Trinajstić information content (AvgIpc) is 2.37. The molecule has 0 bridgehead atoms. The lowest BCUT2D eigenvalue weighted by Gasteiger charge is -2.40. The Hall–Kier alpha value is -0.540. The lowest BCUT2D eigenvalue weighted by atomic mass is 9.75. The summed E-state index contributed by atoms with van der Waals surface area (Å²) in [5.41, 5.74) is 8.92. The van der Waals surface area contributed by atoms with E-state index in [1.807, 2.05) is 6.92 Å². The van der Waals surface area contributed by atoms with Crippen molar-refractivity contribution in [2.45, 2.75) is 58.5 Å². The topological polar surface area (TPSA) is 29.3 Å². The predicted octanol–water partition coefficient (Wildman–Crippen LogP) is 4.87. The van der Waals surface area contributed by atoms with E-state index in [0.29, 0.717) is 11.5 Å². The Morgan fingerprint density at radius 3 is 2.40 bits per heavy atom. The minimum atomic E-state index is 0.0844. The Balaban J connectivity index is 2.12. The molecule has 0 saturated heterocycles. The van der Waals surface area contributed by atoms with E-state index < -0.39 is 0 Å². The monoisotopic (exact) mass is 338 g/mol. The van der Waals surface area contributed by atoms with Crippen LogP contribution in [0, 0.1) is 5.41 Å². The number of halogens is 1. The second kappa shape index (κ2) is 6.07. The van der Waals surface area contributed by atoms with Crippen LogP contribution in [0.4, 0.5) is 5.69 Å². The maximum atomic E-state index is 5.95. The molecule has 0 aromatic heterocycles. The van der Waals surface area contributed by atoms with Gasteiger partial charge in [-0.25, -0.2) is 0 Å². The number of rotatable bonds is 3. The number of hydrogen-bond acceptors (Lipinski definition) is 2. The Morgan fingerprint density at radius 1 is 1.30 bits per heavy atom. The molecule has 3 heteroatoms. The summed E-state index contributed by atoms with van der Waals surface area (Å²) in [6.45, 7) is 6.79. The van der Waals surface area contributed by atoms with Crippen LogP contribution in [0.2, 0.25) is 0 Å². The Morgan fingerprint density at radius 2 is 1.90 bits per heavy atom. The van der Waals surface area contributed by atoms with E-state index in [9.17, 15) is 0 Å². The van der Waals surface area contributed by atoms with Crippen LogP contribution in [-0.4, -0.2) is 13.1 Å². The molecule has 20 heavy (non-hydrogen) atoms. The zero-order chi connectivity index (χ0) is 14.9. The van der Waals surface area contributed by atoms with Gasteiger partial charge >= 0.3 is 0 Å². The van der Waals surface area contributed by atoms with E-state index >= 15 is 0 Å². The molecule has 0 amide bonds. The summed E-state index contributed by atoms with van der Waals surface area (Å²) in [6.07, 6.45) is 5.20. The van der Waals surface area contributed by atoms with Crippen LogP contribution in [0.3, 0.4) is 0 Å². The van der Waals surface area contributed by atoms with Crippen molar-refractivity contribution in [2.75, 3.05) is 11.9 Å². The van der Waals surface area contributed by atoms with Gasteiger partial charge in [-0.3, -0.25) is 0 Å². The van der Waals surface area contributed by atoms with Gasteiger partial charge in [-0.15, -0.1) is 0 Å². The maximum Gasteiger partial charge on any atom is 0.0510 e. The summed E-state index contributed by atoms with van der Waals surface area (Å²) in [4.78, 5) is 2.43. The predicted molar refractivity (Wildman–Crippen MR) is 91.2 cm³/mol. The Labute approximate surface area is 131 Å². The molecule has 1 aliphatic rings. The van der Waals surface area contributed by atoms with Crippen molar-refractivity contribution in [3.05, 3.63) is 28.2 Å². The molecule has 1 saturated carbocycles. The molecule has 1 aromatic rings. The van der Waals surface area contributed by atoms with Crippen LogP contribution < -0.4 is 10.6 Å². The molecule has 112 valence electrons. The van der Waals surface area contributed by atoms with E-state index in [0.717, 1.165) is 4.47 Å². The van der Waals surface area contributed by atoms with Gasteiger partial charge in [-0.1, -0.05) is 19.9 Å². The number of benzene rings is 1. The fourth-order valence-corrected chi connectivity index (χ4v) is 3.74. The molecule has 2 nitrogen and oxygen atoms in total. The maximum absolute atomic E-state index is 5.95. The first kappa shape index (κ1) is 15.8. The van der Waals surface area contributed by atoms with E-state index in [1.54, 1.807) is 0 Å². The minimum Gasteiger partial charge on any atom is -0.371 e. The Bertz CT molecular complexity index is 458. The summed E-state index contributed by atoms with van der Waals surface area (Å²) in [5, 5.41) is 0. The molecule has 0 radical (unpaired) electrons. The Kier molecular flexibility index (Phi) is 4.80. The van der Waals surface area contributed by atoms with Crippen LogP contribution >= 0.6 is 15.9 Å². The second-order valence-corrected chi connectivity index (χ2v) is 7.86. The zero-order valence-corrected chi connectivity index (χ0v) is 14.7. The molecule has 2 rings (SSSR count). The molecule has 1 fully saturated rings. The lowest BCUT2D eigenvalue weighted by Crippen LogP contribution is -2.37. The smallest absolute Gasteiger partial charge is 0.0510 e. The molecule has 0 aliphatic heterocycles. The third kappa shape index (κ3) is 3.56.